The molecule has 0 fully saturated rings. The summed E-state index contributed by atoms with van der Waals surface area (Å²) in [6.07, 6.45) is 11.2. The number of aromatic nitrogens is 2. The Balaban J connectivity index is 1.57. The molecule has 0 spiro atoms. The molecule has 1 N–H and O–H groups in total. The quantitative estimate of drug-likeness (QED) is 0.742. The van der Waals surface area contributed by atoms with Gasteiger partial charge in [-0.25, -0.2) is 0 Å². The maximum absolute atomic E-state index is 5.88. The highest BCUT2D eigenvalue weighted by Gasteiger charge is 2.33. The van der Waals surface area contributed by atoms with Gasteiger partial charge in [0.2, 0.25) is 0 Å². The van der Waals surface area contributed by atoms with E-state index in [2.05, 4.69) is 39.1 Å². The lowest BCUT2D eigenvalue weighted by Gasteiger charge is -2.38. The molecule has 0 aliphatic carbocycles. The average Bonchev–Trinajstić information content (AvgIpc) is 3.12. The first-order valence-electron chi connectivity index (χ1n) is 9.96. The van der Waals surface area contributed by atoms with E-state index in [9.17, 15) is 0 Å². The van der Waals surface area contributed by atoms with Gasteiger partial charge in [-0.15, -0.1) is 0 Å². The fourth-order valence-corrected chi connectivity index (χ4v) is 4.54. The van der Waals surface area contributed by atoms with Crippen LogP contribution in [0.2, 0.25) is 0 Å². The molecule has 144 valence electrons. The Labute approximate surface area is 165 Å². The van der Waals surface area contributed by atoms with Crippen LogP contribution in [0.1, 0.15) is 35.7 Å². The third kappa shape index (κ3) is 3.06. The van der Waals surface area contributed by atoms with Gasteiger partial charge in [-0.3, -0.25) is 9.88 Å². The van der Waals surface area contributed by atoms with Crippen LogP contribution in [0.25, 0.3) is 10.9 Å². The van der Waals surface area contributed by atoms with Crippen LogP contribution in [-0.2, 0) is 11.2 Å². The number of nitrogens with zero attached hydrogens (tertiary/aromatic N) is 2. The second kappa shape index (κ2) is 7.32. The van der Waals surface area contributed by atoms with E-state index in [1.165, 1.54) is 27.7 Å². The predicted octanol–water partition coefficient (Wildman–Crippen LogP) is 4.21. The summed E-state index contributed by atoms with van der Waals surface area (Å²) in [4.78, 5) is 10.6. The normalized spacial score (nSPS) is 22.0. The molecule has 0 amide bonds. The molecule has 2 atom stereocenters. The summed E-state index contributed by atoms with van der Waals surface area (Å²) >= 11 is 0. The fraction of sp³-hybridized carbons (Fsp3) is 0.348. The average molecular weight is 375 g/mol. The SMILES string of the molecule is COc1ccc2[nH]c3c(c2c1)CCN(C[C@@H]1CCC=CO1)[C@H]3c1cccnc1. The third-order valence-electron chi connectivity index (χ3n) is 5.89. The Bertz CT molecular complexity index is 996. The van der Waals surface area contributed by atoms with Crippen LogP contribution in [0.15, 0.2) is 55.1 Å². The van der Waals surface area contributed by atoms with Gasteiger partial charge in [0.15, 0.2) is 0 Å². The van der Waals surface area contributed by atoms with Crippen molar-refractivity contribution in [3.63, 3.8) is 0 Å². The van der Waals surface area contributed by atoms with Gasteiger partial charge in [-0.2, -0.15) is 0 Å². The molecule has 5 heteroatoms. The maximum Gasteiger partial charge on any atom is 0.119 e. The van der Waals surface area contributed by atoms with Crippen LogP contribution < -0.4 is 4.74 Å². The van der Waals surface area contributed by atoms with Crippen molar-refractivity contribution in [3.05, 3.63) is 71.9 Å². The van der Waals surface area contributed by atoms with Crippen molar-refractivity contribution in [1.82, 2.24) is 14.9 Å². The molecular weight excluding hydrogens is 350 g/mol. The van der Waals surface area contributed by atoms with E-state index in [0.717, 1.165) is 38.1 Å². The second-order valence-corrected chi connectivity index (χ2v) is 7.57. The predicted molar refractivity (Wildman–Crippen MR) is 109 cm³/mol. The molecule has 4 heterocycles. The molecule has 3 aromatic rings. The minimum atomic E-state index is 0.158. The lowest BCUT2D eigenvalue weighted by Crippen LogP contribution is -2.41. The third-order valence-corrected chi connectivity index (χ3v) is 5.89. The first-order chi connectivity index (χ1) is 13.8. The topological polar surface area (TPSA) is 50.4 Å². The second-order valence-electron chi connectivity index (χ2n) is 7.57. The lowest BCUT2D eigenvalue weighted by molar-refractivity contribution is 0.0637. The van der Waals surface area contributed by atoms with Crippen molar-refractivity contribution < 1.29 is 9.47 Å². The van der Waals surface area contributed by atoms with E-state index in [1.54, 1.807) is 7.11 Å². The summed E-state index contributed by atoms with van der Waals surface area (Å²) < 4.78 is 11.3. The Morgan fingerprint density at radius 2 is 2.29 bits per heavy atom. The van der Waals surface area contributed by atoms with Crippen LogP contribution in [0.5, 0.6) is 5.75 Å². The van der Waals surface area contributed by atoms with E-state index >= 15 is 0 Å². The number of fused-ring (bicyclic) bond motifs is 3. The van der Waals surface area contributed by atoms with Gasteiger partial charge in [0.1, 0.15) is 11.9 Å². The summed E-state index contributed by atoms with van der Waals surface area (Å²) in [5.74, 6) is 0.900. The van der Waals surface area contributed by atoms with Crippen LogP contribution in [0, 0.1) is 0 Å². The molecule has 1 aromatic carbocycles. The van der Waals surface area contributed by atoms with Gasteiger partial charge >= 0.3 is 0 Å². The Hall–Kier alpha value is -2.79. The molecule has 2 aliphatic heterocycles. The molecule has 5 nitrogen and oxygen atoms in total. The Morgan fingerprint density at radius 3 is 3.07 bits per heavy atom. The molecule has 0 unspecified atom stereocenters. The van der Waals surface area contributed by atoms with Crippen LogP contribution in [0.4, 0.5) is 0 Å². The van der Waals surface area contributed by atoms with Gasteiger partial charge in [-0.05, 0) is 60.7 Å². The number of H-pyrrole nitrogens is 1. The summed E-state index contributed by atoms with van der Waals surface area (Å²) in [5, 5.41) is 1.26. The number of aromatic amines is 1. The van der Waals surface area contributed by atoms with Crippen molar-refractivity contribution in [1.29, 1.82) is 0 Å². The highest BCUT2D eigenvalue weighted by Crippen LogP contribution is 2.39. The lowest BCUT2D eigenvalue weighted by atomic mass is 9.92. The standard InChI is InChI=1S/C23H25N3O2/c1-27-17-7-8-21-20(13-17)19-9-11-26(15-18-6-2-3-12-28-18)23(22(19)25-21)16-5-4-10-24-14-16/h3-5,7-8,10,12-14,18,23,25H,2,6,9,11,15H2,1H3/t18-,23-/m0/s1. The number of nitrogens with one attached hydrogen (secondary N) is 1. The van der Waals surface area contributed by atoms with Crippen LogP contribution in [-0.4, -0.2) is 41.2 Å². The molecule has 0 saturated carbocycles. The van der Waals surface area contributed by atoms with Crippen molar-refractivity contribution in [2.45, 2.75) is 31.4 Å². The molecule has 5 rings (SSSR count). The minimum absolute atomic E-state index is 0.158. The molecule has 0 radical (unpaired) electrons. The Morgan fingerprint density at radius 1 is 1.32 bits per heavy atom. The molecule has 2 aromatic heterocycles. The maximum atomic E-state index is 5.88. The van der Waals surface area contributed by atoms with Gasteiger partial charge in [0.25, 0.3) is 0 Å². The number of pyridine rings is 1. The fourth-order valence-electron chi connectivity index (χ4n) is 4.54. The summed E-state index contributed by atoms with van der Waals surface area (Å²) in [6.45, 7) is 1.92. The first kappa shape index (κ1) is 17.3. The molecule has 0 bridgehead atoms. The van der Waals surface area contributed by atoms with E-state index < -0.39 is 0 Å². The van der Waals surface area contributed by atoms with Crippen LogP contribution >= 0.6 is 0 Å². The van der Waals surface area contributed by atoms with E-state index in [4.69, 9.17) is 9.47 Å². The Kier molecular flexibility index (Phi) is 4.53. The zero-order valence-electron chi connectivity index (χ0n) is 16.1. The number of rotatable bonds is 4. The number of methoxy groups -OCH3 is 1. The number of allylic oxidation sites excluding steroid dienone is 1. The minimum Gasteiger partial charge on any atom is -0.497 e. The van der Waals surface area contributed by atoms with Crippen molar-refractivity contribution >= 4 is 10.9 Å². The largest absolute Gasteiger partial charge is 0.497 e. The zero-order chi connectivity index (χ0) is 18.9. The number of ether oxygens (including phenoxy) is 2. The van der Waals surface area contributed by atoms with E-state index in [0.29, 0.717) is 0 Å². The highest BCUT2D eigenvalue weighted by atomic mass is 16.5. The van der Waals surface area contributed by atoms with Gasteiger partial charge in [0, 0.05) is 42.1 Å². The number of benzene rings is 1. The molecular formula is C23H25N3O2. The number of hydrogen-bond acceptors (Lipinski definition) is 4. The molecule has 0 saturated heterocycles. The van der Waals surface area contributed by atoms with Crippen LogP contribution in [0.3, 0.4) is 0 Å². The molecule has 2 aliphatic rings. The van der Waals surface area contributed by atoms with Gasteiger partial charge in [-0.1, -0.05) is 6.07 Å². The van der Waals surface area contributed by atoms with Crippen molar-refractivity contribution in [3.8, 4) is 5.75 Å². The monoisotopic (exact) mass is 375 g/mol. The summed E-state index contributed by atoms with van der Waals surface area (Å²) in [5.41, 5.74) is 5.05. The smallest absolute Gasteiger partial charge is 0.119 e. The number of hydrogen-bond donors (Lipinski definition) is 1. The highest BCUT2D eigenvalue weighted by molar-refractivity contribution is 5.86. The van der Waals surface area contributed by atoms with Crippen molar-refractivity contribution in [2.24, 2.45) is 0 Å². The van der Waals surface area contributed by atoms with E-state index in [1.807, 2.05) is 30.8 Å². The molecule has 28 heavy (non-hydrogen) atoms. The van der Waals surface area contributed by atoms with E-state index in [-0.39, 0.29) is 12.1 Å². The summed E-state index contributed by atoms with van der Waals surface area (Å²) in [7, 11) is 1.72. The summed E-state index contributed by atoms with van der Waals surface area (Å²) in [6, 6.07) is 10.6. The van der Waals surface area contributed by atoms with Gasteiger partial charge < -0.3 is 14.5 Å². The van der Waals surface area contributed by atoms with Crippen molar-refractivity contribution in [2.75, 3.05) is 20.2 Å². The zero-order valence-corrected chi connectivity index (χ0v) is 16.1. The van der Waals surface area contributed by atoms with Gasteiger partial charge in [0.05, 0.1) is 19.4 Å². The first-order valence-corrected chi connectivity index (χ1v) is 9.96.